The maximum Gasteiger partial charge on any atom is 0.416 e. The predicted molar refractivity (Wildman–Crippen MR) is 158 cm³/mol. The molecule has 4 aliphatic heterocycles. The van der Waals surface area contributed by atoms with E-state index in [0.29, 0.717) is 48.5 Å². The van der Waals surface area contributed by atoms with Gasteiger partial charge in [0.2, 0.25) is 5.91 Å². The zero-order chi connectivity index (χ0) is 30.7. The third-order valence-electron chi connectivity index (χ3n) is 9.62. The van der Waals surface area contributed by atoms with E-state index in [1.165, 1.54) is 11.1 Å². The van der Waals surface area contributed by atoms with Gasteiger partial charge >= 0.3 is 6.09 Å². The summed E-state index contributed by atoms with van der Waals surface area (Å²) in [5, 5.41) is 8.69. The standard InChI is InChI=1S/C30H34FN9O5/c31-24-18-9-16(8-17(18)10-20-25(24)36-21(35-20)11-33-27(42)19-2-1-5-32-19)13-39-6-3-30(4-7-39)15-40(29(43)45-30)22-12-34-28-26(37-22)38-23(41)14-44-28/h10,12,16,19,32H,1-9,11,13-15H2,(H,33,42)(H,35,36)(H,37,38,41). The first kappa shape index (κ1) is 28.1. The number of nitrogens with zero attached hydrogens (tertiary/aromatic N) is 5. The first-order chi connectivity index (χ1) is 21.8. The topological polar surface area (TPSA) is 167 Å². The second kappa shape index (κ2) is 10.9. The van der Waals surface area contributed by atoms with Crippen LogP contribution in [0.2, 0.25) is 0 Å². The zero-order valence-corrected chi connectivity index (χ0v) is 24.7. The molecule has 236 valence electrons. The number of hydrogen-bond donors (Lipinski definition) is 4. The number of aromatic amines is 1. The molecule has 3 saturated heterocycles. The SMILES string of the molecule is O=C1COc2ncc(N3CC4(CCN(CC5Cc6cc7[nH]c(CNC(=O)C8CCCN8)nc7c(F)c6C5)CC4)OC3=O)nc2N1. The van der Waals surface area contributed by atoms with E-state index in [0.717, 1.165) is 56.6 Å². The lowest BCUT2D eigenvalue weighted by atomic mass is 9.90. The van der Waals surface area contributed by atoms with Crippen LogP contribution in [0.4, 0.5) is 20.8 Å². The number of hydrogen-bond acceptors (Lipinski definition) is 10. The molecular weight excluding hydrogens is 585 g/mol. The Morgan fingerprint density at radius 2 is 2.07 bits per heavy atom. The second-order valence-corrected chi connectivity index (χ2v) is 12.7. The molecule has 2 atom stereocenters. The zero-order valence-electron chi connectivity index (χ0n) is 24.7. The van der Waals surface area contributed by atoms with Crippen molar-refractivity contribution >= 4 is 40.6 Å². The molecule has 0 radical (unpaired) electrons. The number of fused-ring (bicyclic) bond motifs is 3. The van der Waals surface area contributed by atoms with E-state index in [9.17, 15) is 14.4 Å². The summed E-state index contributed by atoms with van der Waals surface area (Å²) < 4.78 is 26.8. The molecule has 5 aliphatic rings. The van der Waals surface area contributed by atoms with E-state index in [1.54, 1.807) is 0 Å². The van der Waals surface area contributed by atoms with Gasteiger partial charge < -0.3 is 35.3 Å². The Balaban J connectivity index is 0.866. The van der Waals surface area contributed by atoms with Crippen molar-refractivity contribution in [3.8, 4) is 5.88 Å². The van der Waals surface area contributed by atoms with Crippen molar-refractivity contribution in [2.75, 3.05) is 49.5 Å². The Bertz CT molecular complexity index is 1700. The summed E-state index contributed by atoms with van der Waals surface area (Å²) >= 11 is 0. The van der Waals surface area contributed by atoms with Crippen molar-refractivity contribution in [1.29, 1.82) is 0 Å². The number of imidazole rings is 1. The number of ether oxygens (including phenoxy) is 2. The number of nitrogens with one attached hydrogen (secondary N) is 4. The van der Waals surface area contributed by atoms with E-state index >= 15 is 4.39 Å². The summed E-state index contributed by atoms with van der Waals surface area (Å²) in [5.41, 5.74) is 2.09. The van der Waals surface area contributed by atoms with Crippen LogP contribution in [0.25, 0.3) is 11.0 Å². The molecule has 0 bridgehead atoms. The number of H-pyrrole nitrogens is 1. The molecule has 1 spiro atoms. The van der Waals surface area contributed by atoms with Gasteiger partial charge in [-0.1, -0.05) is 0 Å². The van der Waals surface area contributed by atoms with E-state index in [-0.39, 0.29) is 54.4 Å². The van der Waals surface area contributed by atoms with Crippen molar-refractivity contribution in [2.45, 2.75) is 56.7 Å². The van der Waals surface area contributed by atoms with Crippen LogP contribution < -0.4 is 25.6 Å². The summed E-state index contributed by atoms with van der Waals surface area (Å²) in [6, 6.07) is 1.83. The van der Waals surface area contributed by atoms with Crippen LogP contribution in [0.1, 0.15) is 42.6 Å². The summed E-state index contributed by atoms with van der Waals surface area (Å²) in [6.45, 7) is 3.64. The highest BCUT2D eigenvalue weighted by Gasteiger charge is 2.48. The quantitative estimate of drug-likeness (QED) is 0.317. The smallest absolute Gasteiger partial charge is 0.416 e. The molecule has 8 rings (SSSR count). The molecule has 2 unspecified atom stereocenters. The van der Waals surface area contributed by atoms with E-state index in [4.69, 9.17) is 9.47 Å². The Labute approximate surface area is 257 Å². The lowest BCUT2D eigenvalue weighted by Gasteiger charge is -2.38. The molecule has 0 saturated carbocycles. The first-order valence-corrected chi connectivity index (χ1v) is 15.5. The van der Waals surface area contributed by atoms with Gasteiger partial charge in [0, 0.05) is 32.5 Å². The molecule has 6 heterocycles. The molecule has 4 N–H and O–H groups in total. The van der Waals surface area contributed by atoms with Crippen LogP contribution in [0.15, 0.2) is 12.3 Å². The minimum Gasteiger partial charge on any atom is -0.465 e. The molecule has 3 amide bonds. The van der Waals surface area contributed by atoms with Crippen LogP contribution >= 0.6 is 0 Å². The van der Waals surface area contributed by atoms with Crippen LogP contribution in [0.5, 0.6) is 5.88 Å². The number of amides is 3. The molecule has 15 heteroatoms. The fraction of sp³-hybridized carbons (Fsp3) is 0.533. The summed E-state index contributed by atoms with van der Waals surface area (Å²) in [4.78, 5) is 56.9. The van der Waals surface area contributed by atoms with Gasteiger partial charge in [-0.3, -0.25) is 14.5 Å². The minimum atomic E-state index is -0.620. The molecule has 2 aromatic heterocycles. The third kappa shape index (κ3) is 5.23. The number of benzene rings is 1. The Morgan fingerprint density at radius 3 is 2.89 bits per heavy atom. The van der Waals surface area contributed by atoms with Gasteiger partial charge in [-0.25, -0.2) is 24.1 Å². The first-order valence-electron chi connectivity index (χ1n) is 15.5. The largest absolute Gasteiger partial charge is 0.465 e. The normalized spacial score (nSPS) is 24.0. The number of carbonyl (C=O) groups excluding carboxylic acids is 3. The fourth-order valence-corrected chi connectivity index (χ4v) is 7.30. The van der Waals surface area contributed by atoms with Gasteiger partial charge in [-0.05, 0) is 55.3 Å². The van der Waals surface area contributed by atoms with Crippen molar-refractivity contribution in [2.24, 2.45) is 5.92 Å². The van der Waals surface area contributed by atoms with Crippen LogP contribution in [-0.2, 0) is 33.7 Å². The number of halogens is 1. The third-order valence-corrected chi connectivity index (χ3v) is 9.62. The van der Waals surface area contributed by atoms with Gasteiger partial charge in [-0.2, -0.15) is 0 Å². The van der Waals surface area contributed by atoms with Gasteiger partial charge in [-0.15, -0.1) is 0 Å². The number of likely N-dealkylation sites (tertiary alicyclic amines) is 1. The highest BCUT2D eigenvalue weighted by Crippen LogP contribution is 2.38. The lowest BCUT2D eigenvalue weighted by molar-refractivity contribution is -0.123. The molecule has 1 aliphatic carbocycles. The number of rotatable bonds is 6. The van der Waals surface area contributed by atoms with Gasteiger partial charge in [0.05, 0.1) is 30.8 Å². The predicted octanol–water partition coefficient (Wildman–Crippen LogP) is 1.40. The molecule has 14 nitrogen and oxygen atoms in total. The number of piperidine rings is 1. The Kier molecular flexibility index (Phi) is 6.82. The van der Waals surface area contributed by atoms with E-state index in [2.05, 4.69) is 40.8 Å². The second-order valence-electron chi connectivity index (χ2n) is 12.7. The average Bonchev–Trinajstić information content (AvgIpc) is 3.84. The van der Waals surface area contributed by atoms with E-state index < -0.39 is 11.7 Å². The highest BCUT2D eigenvalue weighted by molar-refractivity contribution is 5.95. The van der Waals surface area contributed by atoms with Crippen molar-refractivity contribution < 1.29 is 28.2 Å². The Hall–Kier alpha value is -4.37. The summed E-state index contributed by atoms with van der Waals surface area (Å²) in [6.07, 6.45) is 5.54. The monoisotopic (exact) mass is 619 g/mol. The van der Waals surface area contributed by atoms with Crippen molar-refractivity contribution in [3.05, 3.63) is 35.0 Å². The van der Waals surface area contributed by atoms with Gasteiger partial charge in [0.15, 0.2) is 24.1 Å². The maximum absolute atomic E-state index is 15.6. The highest BCUT2D eigenvalue weighted by atomic mass is 19.1. The lowest BCUT2D eigenvalue weighted by Crippen LogP contribution is -2.48. The molecular formula is C30H34FN9O5. The molecule has 3 fully saturated rings. The van der Waals surface area contributed by atoms with Crippen LogP contribution in [0, 0.1) is 11.7 Å². The van der Waals surface area contributed by atoms with Crippen LogP contribution in [0.3, 0.4) is 0 Å². The number of carbonyl (C=O) groups is 3. The maximum atomic E-state index is 15.6. The fourth-order valence-electron chi connectivity index (χ4n) is 7.30. The molecule has 3 aromatic rings. The van der Waals surface area contributed by atoms with Gasteiger partial charge in [0.1, 0.15) is 16.9 Å². The minimum absolute atomic E-state index is 0.0543. The number of aromatic nitrogens is 4. The summed E-state index contributed by atoms with van der Waals surface area (Å²) in [5.74, 6) is 0.882. The van der Waals surface area contributed by atoms with Crippen molar-refractivity contribution in [3.63, 3.8) is 0 Å². The van der Waals surface area contributed by atoms with Crippen LogP contribution in [-0.4, -0.2) is 93.7 Å². The van der Waals surface area contributed by atoms with Gasteiger partial charge in [0.25, 0.3) is 11.8 Å². The average molecular weight is 620 g/mol. The van der Waals surface area contributed by atoms with Crippen molar-refractivity contribution in [1.82, 2.24) is 35.5 Å². The Morgan fingerprint density at radius 1 is 1.20 bits per heavy atom. The molecule has 45 heavy (non-hydrogen) atoms. The van der Waals surface area contributed by atoms with E-state index in [1.807, 2.05) is 6.07 Å². The summed E-state index contributed by atoms with van der Waals surface area (Å²) in [7, 11) is 0. The number of anilines is 2. The molecule has 1 aromatic carbocycles.